The zero-order valence-corrected chi connectivity index (χ0v) is 23.9. The molecule has 1 heterocycles. The molecule has 5 saturated carbocycles. The minimum Gasteiger partial charge on any atom is -0.455 e. The van der Waals surface area contributed by atoms with Crippen molar-refractivity contribution in [2.24, 2.45) is 34.0 Å². The second-order valence-electron chi connectivity index (χ2n) is 13.8. The van der Waals surface area contributed by atoms with Crippen molar-refractivity contribution in [3.05, 3.63) is 35.5 Å². The molecule has 6 fully saturated rings. The van der Waals surface area contributed by atoms with E-state index in [4.69, 9.17) is 9.47 Å². The molecule has 6 bridgehead atoms. The highest BCUT2D eigenvalue weighted by Gasteiger charge is 2.90. The predicted octanol–water partition coefficient (Wildman–Crippen LogP) is 2.52. The second kappa shape index (κ2) is 8.28. The number of esters is 2. The lowest BCUT2D eigenvalue weighted by atomic mass is 9.38. The highest BCUT2D eigenvalue weighted by molar-refractivity contribution is 5.89. The van der Waals surface area contributed by atoms with E-state index in [0.717, 1.165) is 5.57 Å². The maximum atomic E-state index is 13.4. The van der Waals surface area contributed by atoms with Crippen LogP contribution in [0.4, 0.5) is 0 Å². The first-order valence-corrected chi connectivity index (χ1v) is 14.4. The normalized spacial score (nSPS) is 52.1. The van der Waals surface area contributed by atoms with Crippen LogP contribution in [0.5, 0.6) is 0 Å². The number of carbonyl (C=O) groups excluding carboxylic acids is 2. The van der Waals surface area contributed by atoms with Crippen molar-refractivity contribution >= 4 is 11.9 Å². The number of likely N-dealkylation sites (tertiary alicyclic amines) is 1. The Morgan fingerprint density at radius 3 is 2.21 bits per heavy atom. The average molecular weight is 542 g/mol. The van der Waals surface area contributed by atoms with Crippen LogP contribution < -0.4 is 0 Å². The van der Waals surface area contributed by atoms with Gasteiger partial charge in [-0.1, -0.05) is 31.2 Å². The van der Waals surface area contributed by atoms with Crippen LogP contribution >= 0.6 is 0 Å². The topological polar surface area (TPSA) is 117 Å². The van der Waals surface area contributed by atoms with Crippen molar-refractivity contribution < 1.29 is 34.4 Å². The van der Waals surface area contributed by atoms with Gasteiger partial charge in [0.05, 0.1) is 12.2 Å². The first kappa shape index (κ1) is 27.2. The van der Waals surface area contributed by atoms with Gasteiger partial charge in [-0.15, -0.1) is 0 Å². The van der Waals surface area contributed by atoms with Crippen molar-refractivity contribution in [3.63, 3.8) is 0 Å². The van der Waals surface area contributed by atoms with Gasteiger partial charge in [0.15, 0.2) is 0 Å². The van der Waals surface area contributed by atoms with Gasteiger partial charge < -0.3 is 29.7 Å². The minimum absolute atomic E-state index is 0.0694. The molecule has 12 atom stereocenters. The number of nitrogens with zero attached hydrogens (tertiary/aromatic N) is 1. The highest BCUT2D eigenvalue weighted by atomic mass is 16.6. The molecule has 5 aliphatic carbocycles. The van der Waals surface area contributed by atoms with Crippen molar-refractivity contribution in [3.8, 4) is 0 Å². The maximum Gasteiger partial charge on any atom is 0.333 e. The summed E-state index contributed by atoms with van der Waals surface area (Å²) in [5.74, 6) is -1.76. The number of ether oxygens (including phenoxy) is 2. The van der Waals surface area contributed by atoms with Crippen LogP contribution in [-0.2, 0) is 19.1 Å². The van der Waals surface area contributed by atoms with Crippen molar-refractivity contribution in [1.29, 1.82) is 0 Å². The largest absolute Gasteiger partial charge is 0.455 e. The summed E-state index contributed by atoms with van der Waals surface area (Å²) in [5, 5.41) is 36.1. The van der Waals surface area contributed by atoms with Crippen molar-refractivity contribution in [1.82, 2.24) is 4.90 Å². The van der Waals surface area contributed by atoms with Crippen molar-refractivity contribution in [2.45, 2.75) is 96.4 Å². The van der Waals surface area contributed by atoms with Gasteiger partial charge in [0.1, 0.15) is 17.8 Å². The van der Waals surface area contributed by atoms with Crippen LogP contribution in [0.2, 0.25) is 0 Å². The Hall–Kier alpha value is -2.00. The Kier molecular flexibility index (Phi) is 5.77. The fourth-order valence-corrected chi connectivity index (χ4v) is 11.1. The molecule has 6 rings (SSSR count). The van der Waals surface area contributed by atoms with E-state index < -0.39 is 64.1 Å². The summed E-state index contributed by atoms with van der Waals surface area (Å²) in [6.45, 7) is 13.9. The first-order chi connectivity index (χ1) is 18.2. The zero-order chi connectivity index (χ0) is 28.4. The van der Waals surface area contributed by atoms with E-state index in [1.165, 1.54) is 0 Å². The Bertz CT molecular complexity index is 1210. The lowest BCUT2D eigenvalue weighted by Crippen LogP contribution is -2.82. The Morgan fingerprint density at radius 1 is 1.03 bits per heavy atom. The van der Waals surface area contributed by atoms with E-state index in [1.807, 2.05) is 6.92 Å². The summed E-state index contributed by atoms with van der Waals surface area (Å²) < 4.78 is 12.6. The van der Waals surface area contributed by atoms with E-state index in [9.17, 15) is 24.9 Å². The number of allylic oxidation sites excluding steroid dienone is 2. The summed E-state index contributed by atoms with van der Waals surface area (Å²) in [6, 6.07) is -0.201. The maximum absolute atomic E-state index is 13.4. The van der Waals surface area contributed by atoms with Gasteiger partial charge in [0, 0.05) is 46.4 Å². The van der Waals surface area contributed by atoms with Crippen molar-refractivity contribution in [2.75, 3.05) is 13.6 Å². The number of rotatable bonds is 4. The minimum atomic E-state index is -1.50. The molecule has 1 aliphatic heterocycles. The van der Waals surface area contributed by atoms with Gasteiger partial charge in [0.2, 0.25) is 0 Å². The summed E-state index contributed by atoms with van der Waals surface area (Å²) in [7, 11) is 2.07. The number of piperidine rings is 1. The van der Waals surface area contributed by atoms with Crippen LogP contribution in [-0.4, -0.2) is 81.8 Å². The molecule has 6 aliphatic rings. The molecule has 8 nitrogen and oxygen atoms in total. The molecular formula is C31H43NO7. The molecule has 0 amide bonds. The number of hydrogen-bond acceptors (Lipinski definition) is 8. The van der Waals surface area contributed by atoms with Gasteiger partial charge in [-0.25, -0.2) is 9.59 Å². The fraction of sp³-hybridized carbons (Fsp3) is 0.742. The molecular weight excluding hydrogens is 498 g/mol. The molecule has 2 spiro atoms. The Morgan fingerprint density at radius 2 is 1.62 bits per heavy atom. The molecule has 8 heteroatoms. The molecule has 0 unspecified atom stereocenters. The number of aliphatic hydroxyl groups is 3. The zero-order valence-electron chi connectivity index (χ0n) is 23.9. The van der Waals surface area contributed by atoms with E-state index in [0.29, 0.717) is 43.4 Å². The van der Waals surface area contributed by atoms with E-state index >= 15 is 0 Å². The third kappa shape index (κ3) is 2.94. The summed E-state index contributed by atoms with van der Waals surface area (Å²) in [4.78, 5) is 28.9. The molecule has 0 aromatic rings. The van der Waals surface area contributed by atoms with Crippen LogP contribution in [0.1, 0.15) is 60.3 Å². The van der Waals surface area contributed by atoms with Gasteiger partial charge in [-0.2, -0.15) is 0 Å². The predicted molar refractivity (Wildman–Crippen MR) is 143 cm³/mol. The standard InChI is InChI=1S/C31H43NO7/c1-8-15(3)26(35)38-22-20-17(5)10-29-13-19(34)31(37)28(6)11-18(33)12-30(31,25(21(20)29)32(7)14-28)24(29)23(22)39-27(36)16(4)9-2/h8-9,18-25,33-34,37H,5,10-14H2,1-4,6-7H3/b15-8+,16-9+/t18-,19-,20-,21-,22+,23+,24+,25+,28-,29-,30-,31-/m0/s1. The number of hydrogen-bond donors (Lipinski definition) is 3. The summed E-state index contributed by atoms with van der Waals surface area (Å²) in [5.41, 5.74) is -1.88. The molecule has 0 aromatic heterocycles. The Labute approximate surface area is 230 Å². The molecule has 0 aromatic carbocycles. The SMILES string of the molecule is C=C1C[C@@]23C[C@H](O)[C@]4(O)[C@@]5(C)C[C@H](O)C[C@@]46[C@@H]2[C@H](OC(=O)/C(C)=C/C)[C@H](OC(=O)/C(C)=C/C)[C@@H]1[C@H]3[C@H]6N(C)C5. The molecule has 1 saturated heterocycles. The average Bonchev–Trinajstić information content (AvgIpc) is 3.14. The van der Waals surface area contributed by atoms with Gasteiger partial charge in [-0.05, 0) is 71.8 Å². The van der Waals surface area contributed by atoms with Crippen LogP contribution in [0.15, 0.2) is 35.5 Å². The third-order valence-corrected chi connectivity index (χ3v) is 12.1. The summed E-state index contributed by atoms with van der Waals surface area (Å²) >= 11 is 0. The number of aliphatic hydroxyl groups excluding tert-OH is 2. The van der Waals surface area contributed by atoms with E-state index in [1.54, 1.807) is 39.8 Å². The lowest BCUT2D eigenvalue weighted by molar-refractivity contribution is -0.342. The quantitative estimate of drug-likeness (QED) is 0.283. The van der Waals surface area contributed by atoms with Gasteiger partial charge in [-0.3, -0.25) is 0 Å². The smallest absolute Gasteiger partial charge is 0.333 e. The number of carbonyl (C=O) groups is 2. The summed E-state index contributed by atoms with van der Waals surface area (Å²) in [6.07, 6.45) is 1.73. The molecule has 214 valence electrons. The molecule has 0 radical (unpaired) electrons. The van der Waals surface area contributed by atoms with Gasteiger partial charge >= 0.3 is 11.9 Å². The third-order valence-electron chi connectivity index (χ3n) is 12.1. The lowest BCUT2D eigenvalue weighted by Gasteiger charge is -2.72. The van der Waals surface area contributed by atoms with Crippen LogP contribution in [0.25, 0.3) is 0 Å². The highest BCUT2D eigenvalue weighted by Crippen LogP contribution is 2.84. The van der Waals surface area contributed by atoms with E-state index in [-0.39, 0.29) is 17.9 Å². The van der Waals surface area contributed by atoms with Crippen LogP contribution in [0.3, 0.4) is 0 Å². The van der Waals surface area contributed by atoms with E-state index in [2.05, 4.69) is 18.5 Å². The fourth-order valence-electron chi connectivity index (χ4n) is 11.1. The molecule has 3 N–H and O–H groups in total. The Balaban J connectivity index is 1.61. The van der Waals surface area contributed by atoms with Crippen LogP contribution in [0, 0.1) is 34.0 Å². The second-order valence-corrected chi connectivity index (χ2v) is 13.8. The van der Waals surface area contributed by atoms with Gasteiger partial charge in [0.25, 0.3) is 0 Å². The monoisotopic (exact) mass is 541 g/mol. The molecule has 39 heavy (non-hydrogen) atoms. The first-order valence-electron chi connectivity index (χ1n) is 14.4.